The Hall–Kier alpha value is -5.10. The predicted molar refractivity (Wildman–Crippen MR) is 152 cm³/mol. The largest absolute Gasteiger partial charge is 0.156 e. The number of hydrogen-bond donors (Lipinski definition) is 0. The molecule has 0 bridgehead atoms. The standard InChI is InChI=1S/C32H26N6/c1-23-19-29(37-33-21-31(35-37)27-9-5-3-6-10-27)17-15-25(23)13-14-26-16-18-30(20-24(26)2)38-34-22-32(36-38)28-11-7-4-8-12-28/h3-22H,1-2H3/b14-13+. The molecule has 0 saturated carbocycles. The Morgan fingerprint density at radius 1 is 0.526 bits per heavy atom. The lowest BCUT2D eigenvalue weighted by Crippen LogP contribution is -2.00. The van der Waals surface area contributed by atoms with Crippen LogP contribution in [0.2, 0.25) is 0 Å². The molecule has 0 fully saturated rings. The van der Waals surface area contributed by atoms with Gasteiger partial charge in [0.15, 0.2) is 0 Å². The molecule has 6 rings (SSSR count). The van der Waals surface area contributed by atoms with Gasteiger partial charge >= 0.3 is 0 Å². The lowest BCUT2D eigenvalue weighted by atomic mass is 10.0. The quantitative estimate of drug-likeness (QED) is 0.235. The minimum absolute atomic E-state index is 0.854. The minimum Gasteiger partial charge on any atom is -0.156 e. The van der Waals surface area contributed by atoms with Gasteiger partial charge in [0.1, 0.15) is 11.4 Å². The molecule has 0 spiro atoms. The summed E-state index contributed by atoms with van der Waals surface area (Å²) in [5.41, 5.74) is 10.3. The summed E-state index contributed by atoms with van der Waals surface area (Å²) in [7, 11) is 0. The summed E-state index contributed by atoms with van der Waals surface area (Å²) in [5, 5.41) is 18.2. The Labute approximate surface area is 221 Å². The van der Waals surface area contributed by atoms with Crippen molar-refractivity contribution in [3.63, 3.8) is 0 Å². The summed E-state index contributed by atoms with van der Waals surface area (Å²) in [6.07, 6.45) is 7.89. The van der Waals surface area contributed by atoms with Crippen LogP contribution in [0.1, 0.15) is 22.3 Å². The Balaban J connectivity index is 1.19. The number of nitrogens with zero attached hydrogens (tertiary/aromatic N) is 6. The smallest absolute Gasteiger partial charge is 0.113 e. The predicted octanol–water partition coefficient (Wildman–Crippen LogP) is 6.97. The van der Waals surface area contributed by atoms with Crippen molar-refractivity contribution >= 4 is 12.2 Å². The van der Waals surface area contributed by atoms with Crippen molar-refractivity contribution in [1.82, 2.24) is 30.0 Å². The van der Waals surface area contributed by atoms with Gasteiger partial charge in [-0.05, 0) is 60.4 Å². The Morgan fingerprint density at radius 2 is 0.947 bits per heavy atom. The lowest BCUT2D eigenvalue weighted by molar-refractivity contribution is 0.753. The van der Waals surface area contributed by atoms with E-state index in [0.29, 0.717) is 0 Å². The van der Waals surface area contributed by atoms with E-state index in [2.05, 4.69) is 70.7 Å². The van der Waals surface area contributed by atoms with E-state index >= 15 is 0 Å². The molecule has 2 aromatic heterocycles. The van der Waals surface area contributed by atoms with Crippen molar-refractivity contribution in [3.8, 4) is 33.9 Å². The van der Waals surface area contributed by atoms with Crippen LogP contribution in [0.4, 0.5) is 0 Å². The first-order chi connectivity index (χ1) is 18.6. The Kier molecular flexibility index (Phi) is 6.20. The second kappa shape index (κ2) is 10.1. The molecule has 0 atom stereocenters. The highest BCUT2D eigenvalue weighted by Crippen LogP contribution is 2.22. The molecule has 4 aromatic carbocycles. The zero-order valence-corrected chi connectivity index (χ0v) is 21.2. The number of rotatable bonds is 6. The monoisotopic (exact) mass is 494 g/mol. The second-order valence-corrected chi connectivity index (χ2v) is 9.19. The fourth-order valence-corrected chi connectivity index (χ4v) is 4.38. The van der Waals surface area contributed by atoms with Crippen LogP contribution >= 0.6 is 0 Å². The molecule has 0 aliphatic rings. The summed E-state index contributed by atoms with van der Waals surface area (Å²) in [5.74, 6) is 0. The Morgan fingerprint density at radius 3 is 1.34 bits per heavy atom. The number of hydrogen-bond acceptors (Lipinski definition) is 4. The van der Waals surface area contributed by atoms with Gasteiger partial charge in [0.05, 0.1) is 23.8 Å². The van der Waals surface area contributed by atoms with Crippen LogP contribution in [0.3, 0.4) is 0 Å². The van der Waals surface area contributed by atoms with Gasteiger partial charge in [-0.3, -0.25) is 0 Å². The van der Waals surface area contributed by atoms with Gasteiger partial charge in [-0.2, -0.15) is 19.8 Å². The van der Waals surface area contributed by atoms with Crippen molar-refractivity contribution in [3.05, 3.63) is 132 Å². The van der Waals surface area contributed by atoms with E-state index in [1.807, 2.05) is 72.8 Å². The van der Waals surface area contributed by atoms with Crippen LogP contribution in [0.15, 0.2) is 109 Å². The number of benzene rings is 4. The van der Waals surface area contributed by atoms with E-state index in [0.717, 1.165) is 56.1 Å². The van der Waals surface area contributed by atoms with Crippen molar-refractivity contribution in [2.45, 2.75) is 13.8 Å². The molecule has 0 radical (unpaired) electrons. The molecule has 184 valence electrons. The molecule has 6 aromatic rings. The van der Waals surface area contributed by atoms with Crippen LogP contribution in [0, 0.1) is 13.8 Å². The van der Waals surface area contributed by atoms with Crippen molar-refractivity contribution in [2.24, 2.45) is 0 Å². The topological polar surface area (TPSA) is 61.4 Å². The molecule has 0 amide bonds. The maximum atomic E-state index is 4.65. The summed E-state index contributed by atoms with van der Waals surface area (Å²) in [6.45, 7) is 4.21. The van der Waals surface area contributed by atoms with Crippen LogP contribution in [-0.2, 0) is 0 Å². The second-order valence-electron chi connectivity index (χ2n) is 9.19. The highest BCUT2D eigenvalue weighted by atomic mass is 15.5. The van der Waals surface area contributed by atoms with Crippen LogP contribution < -0.4 is 0 Å². The van der Waals surface area contributed by atoms with Gasteiger partial charge in [0.25, 0.3) is 0 Å². The molecule has 0 unspecified atom stereocenters. The minimum atomic E-state index is 0.854. The molecular formula is C32H26N6. The average molecular weight is 495 g/mol. The van der Waals surface area contributed by atoms with Gasteiger partial charge in [-0.1, -0.05) is 84.9 Å². The zero-order valence-electron chi connectivity index (χ0n) is 21.2. The highest BCUT2D eigenvalue weighted by molar-refractivity contribution is 5.73. The molecule has 0 N–H and O–H groups in total. The number of aryl methyl sites for hydroxylation is 2. The molecule has 6 heteroatoms. The first-order valence-corrected chi connectivity index (χ1v) is 12.5. The summed E-state index contributed by atoms with van der Waals surface area (Å²) in [4.78, 5) is 3.36. The highest BCUT2D eigenvalue weighted by Gasteiger charge is 2.08. The van der Waals surface area contributed by atoms with Crippen LogP contribution in [0.5, 0.6) is 0 Å². The average Bonchev–Trinajstić information content (AvgIpc) is 3.65. The molecule has 0 saturated heterocycles. The van der Waals surface area contributed by atoms with Gasteiger partial charge in [0, 0.05) is 11.1 Å². The van der Waals surface area contributed by atoms with Gasteiger partial charge in [-0.15, -0.1) is 10.2 Å². The molecule has 2 heterocycles. The maximum Gasteiger partial charge on any atom is 0.113 e. The first kappa shape index (κ1) is 23.3. The normalized spacial score (nSPS) is 11.3. The molecular weight excluding hydrogens is 468 g/mol. The van der Waals surface area contributed by atoms with E-state index in [-0.39, 0.29) is 0 Å². The molecule has 0 aliphatic heterocycles. The van der Waals surface area contributed by atoms with Crippen LogP contribution in [-0.4, -0.2) is 30.0 Å². The summed E-state index contributed by atoms with van der Waals surface area (Å²) >= 11 is 0. The molecule has 38 heavy (non-hydrogen) atoms. The zero-order chi connectivity index (χ0) is 25.9. The van der Waals surface area contributed by atoms with E-state index < -0.39 is 0 Å². The van der Waals surface area contributed by atoms with Gasteiger partial charge in [-0.25, -0.2) is 0 Å². The fraction of sp³-hybridized carbons (Fsp3) is 0.0625. The van der Waals surface area contributed by atoms with Crippen molar-refractivity contribution < 1.29 is 0 Å². The summed E-state index contributed by atoms with van der Waals surface area (Å²) in [6, 6.07) is 32.7. The first-order valence-electron chi connectivity index (χ1n) is 12.5. The maximum absolute atomic E-state index is 4.65. The molecule has 6 nitrogen and oxygen atoms in total. The summed E-state index contributed by atoms with van der Waals surface area (Å²) < 4.78 is 0. The van der Waals surface area contributed by atoms with Gasteiger partial charge < -0.3 is 0 Å². The van der Waals surface area contributed by atoms with E-state index in [4.69, 9.17) is 0 Å². The number of aromatic nitrogens is 6. The van der Waals surface area contributed by atoms with E-state index in [9.17, 15) is 0 Å². The molecule has 0 aliphatic carbocycles. The van der Waals surface area contributed by atoms with E-state index in [1.54, 1.807) is 22.0 Å². The third-order valence-electron chi connectivity index (χ3n) is 6.53. The van der Waals surface area contributed by atoms with Gasteiger partial charge in [0.2, 0.25) is 0 Å². The van der Waals surface area contributed by atoms with E-state index in [1.165, 1.54) is 0 Å². The third kappa shape index (κ3) is 4.80. The lowest BCUT2D eigenvalue weighted by Gasteiger charge is -2.07. The van der Waals surface area contributed by atoms with Crippen molar-refractivity contribution in [2.75, 3.05) is 0 Å². The Bertz CT molecular complexity index is 1600. The van der Waals surface area contributed by atoms with Crippen LogP contribution in [0.25, 0.3) is 46.0 Å². The fourth-order valence-electron chi connectivity index (χ4n) is 4.38. The SMILES string of the molecule is Cc1cc(-n2ncc(-c3ccccc3)n2)ccc1/C=C/c1ccc(-n2ncc(-c3ccccc3)n2)cc1C. The van der Waals surface area contributed by atoms with Crippen molar-refractivity contribution in [1.29, 1.82) is 0 Å². The third-order valence-corrected chi connectivity index (χ3v) is 6.53.